The average Bonchev–Trinajstić information content (AvgIpc) is 2.72. The van der Waals surface area contributed by atoms with Crippen molar-refractivity contribution < 1.29 is 18.0 Å². The Morgan fingerprint density at radius 1 is 1.00 bits per heavy atom. The Morgan fingerprint density at radius 2 is 1.59 bits per heavy atom. The monoisotopic (exact) mass is 400 g/mol. The zero-order valence-corrected chi connectivity index (χ0v) is 15.6. The molecule has 5 nitrogen and oxygen atoms in total. The highest BCUT2D eigenvalue weighted by molar-refractivity contribution is 5.90. The van der Waals surface area contributed by atoms with Crippen LogP contribution in [-0.4, -0.2) is 15.9 Å². The van der Waals surface area contributed by atoms with E-state index in [-0.39, 0.29) is 11.7 Å². The van der Waals surface area contributed by atoms with Crippen LogP contribution in [0.4, 0.5) is 19.0 Å². The summed E-state index contributed by atoms with van der Waals surface area (Å²) in [6.07, 6.45) is -0.829. The minimum absolute atomic E-state index is 0.0506. The van der Waals surface area contributed by atoms with Crippen LogP contribution in [0, 0.1) is 0 Å². The van der Waals surface area contributed by atoms with Gasteiger partial charge in [0.15, 0.2) is 0 Å². The van der Waals surface area contributed by atoms with Crippen LogP contribution in [0.5, 0.6) is 0 Å². The van der Waals surface area contributed by atoms with E-state index < -0.39 is 17.6 Å². The Morgan fingerprint density at radius 3 is 2.03 bits per heavy atom. The number of nitrogens with zero attached hydrogens (tertiary/aromatic N) is 2. The number of carbonyl (C=O) groups excluding carboxylic acids is 1. The second kappa shape index (κ2) is 8.30. The largest absolute Gasteiger partial charge is 0.416 e. The first-order valence-electron chi connectivity index (χ1n) is 8.94. The van der Waals surface area contributed by atoms with Gasteiger partial charge in [0, 0.05) is 0 Å². The summed E-state index contributed by atoms with van der Waals surface area (Å²) in [6, 6.07) is 12.6. The molecule has 150 valence electrons. The second-order valence-corrected chi connectivity index (χ2v) is 6.45. The molecule has 8 heteroatoms. The zero-order valence-electron chi connectivity index (χ0n) is 15.6. The van der Waals surface area contributed by atoms with E-state index in [1.165, 1.54) is 24.5 Å². The number of hydrogen-bond acceptors (Lipinski definition) is 4. The van der Waals surface area contributed by atoms with Gasteiger partial charge in [-0.2, -0.15) is 13.2 Å². The number of aromatic nitrogens is 2. The van der Waals surface area contributed by atoms with Crippen molar-refractivity contribution in [3.05, 3.63) is 77.7 Å². The molecule has 0 aliphatic heterocycles. The molecule has 0 radical (unpaired) electrons. The van der Waals surface area contributed by atoms with E-state index in [1.54, 1.807) is 0 Å². The van der Waals surface area contributed by atoms with E-state index >= 15 is 0 Å². The average molecular weight is 400 g/mol. The Kier molecular flexibility index (Phi) is 5.81. The fourth-order valence-corrected chi connectivity index (χ4v) is 2.89. The first kappa shape index (κ1) is 20.3. The van der Waals surface area contributed by atoms with Crippen molar-refractivity contribution in [3.8, 4) is 11.1 Å². The summed E-state index contributed by atoms with van der Waals surface area (Å²) < 4.78 is 38.1. The van der Waals surface area contributed by atoms with Gasteiger partial charge in [-0.1, -0.05) is 43.3 Å². The molecule has 1 atom stereocenters. The molecule has 1 unspecified atom stereocenters. The Labute approximate surface area is 165 Å². The highest BCUT2D eigenvalue weighted by Gasteiger charge is 2.29. The van der Waals surface area contributed by atoms with Crippen molar-refractivity contribution in [3.63, 3.8) is 0 Å². The topological polar surface area (TPSA) is 80.9 Å². The first-order chi connectivity index (χ1) is 13.8. The normalized spacial score (nSPS) is 12.4. The van der Waals surface area contributed by atoms with Crippen LogP contribution in [0.1, 0.15) is 41.0 Å². The van der Waals surface area contributed by atoms with Gasteiger partial charge < -0.3 is 11.1 Å². The zero-order chi connectivity index (χ0) is 21.0. The molecule has 1 heterocycles. The van der Waals surface area contributed by atoms with E-state index in [9.17, 15) is 18.0 Å². The van der Waals surface area contributed by atoms with Gasteiger partial charge in [-0.15, -0.1) is 0 Å². The molecular formula is C21H19F3N4O. The third-order valence-electron chi connectivity index (χ3n) is 4.49. The van der Waals surface area contributed by atoms with E-state index in [1.807, 2.05) is 31.2 Å². The predicted molar refractivity (Wildman–Crippen MR) is 104 cm³/mol. The molecule has 3 aromatic rings. The summed E-state index contributed by atoms with van der Waals surface area (Å²) in [5.41, 5.74) is 7.09. The fraction of sp³-hybridized carbons (Fsp3) is 0.190. The van der Waals surface area contributed by atoms with Crippen LogP contribution in [-0.2, 0) is 6.18 Å². The number of nitrogens with two attached hydrogens (primary N) is 1. The molecule has 0 spiro atoms. The quantitative estimate of drug-likeness (QED) is 0.621. The number of amides is 1. The van der Waals surface area contributed by atoms with Gasteiger partial charge in [-0.3, -0.25) is 4.79 Å². The molecular weight excluding hydrogens is 381 g/mol. The SMILES string of the molecule is CCC(Nc1cnc(C(N)=O)cn1)c1ccc(-c2ccc(C(F)(F)F)cc2)cc1. The summed E-state index contributed by atoms with van der Waals surface area (Å²) in [5, 5.41) is 3.24. The highest BCUT2D eigenvalue weighted by Crippen LogP contribution is 2.31. The van der Waals surface area contributed by atoms with E-state index in [4.69, 9.17) is 5.73 Å². The molecule has 3 N–H and O–H groups in total. The lowest BCUT2D eigenvalue weighted by Gasteiger charge is -2.18. The molecule has 0 saturated heterocycles. The minimum Gasteiger partial charge on any atom is -0.364 e. The van der Waals surface area contributed by atoms with Crippen LogP contribution in [0.2, 0.25) is 0 Å². The Bertz CT molecular complexity index is 969. The maximum Gasteiger partial charge on any atom is 0.416 e. The molecule has 1 amide bonds. The molecule has 0 fully saturated rings. The lowest BCUT2D eigenvalue weighted by atomic mass is 9.99. The molecule has 0 aliphatic rings. The molecule has 0 bridgehead atoms. The molecule has 3 rings (SSSR count). The van der Waals surface area contributed by atoms with Gasteiger partial charge >= 0.3 is 6.18 Å². The number of hydrogen-bond donors (Lipinski definition) is 2. The van der Waals surface area contributed by atoms with Crippen molar-refractivity contribution >= 4 is 11.7 Å². The standard InChI is InChI=1S/C21H19F3N4O/c1-2-17(28-19-12-26-18(11-27-19)20(25)29)15-5-3-13(4-6-15)14-7-9-16(10-8-14)21(22,23)24/h3-12,17H,2H2,1H3,(H2,25,29)(H,27,28). The predicted octanol–water partition coefficient (Wildman–Crippen LogP) is 4.82. The highest BCUT2D eigenvalue weighted by atomic mass is 19.4. The van der Waals surface area contributed by atoms with Crippen LogP contribution >= 0.6 is 0 Å². The minimum atomic E-state index is -4.35. The number of primary amides is 1. The number of carbonyl (C=O) groups is 1. The van der Waals surface area contributed by atoms with Crippen molar-refractivity contribution in [2.24, 2.45) is 5.73 Å². The maximum atomic E-state index is 12.7. The van der Waals surface area contributed by atoms with Crippen LogP contribution in [0.25, 0.3) is 11.1 Å². The summed E-state index contributed by atoms with van der Waals surface area (Å²) in [7, 11) is 0. The van der Waals surface area contributed by atoms with Crippen molar-refractivity contribution in [2.75, 3.05) is 5.32 Å². The summed E-state index contributed by atoms with van der Waals surface area (Å²) in [6.45, 7) is 2.01. The Hall–Kier alpha value is -3.42. The van der Waals surface area contributed by atoms with Gasteiger partial charge in [0.2, 0.25) is 0 Å². The summed E-state index contributed by atoms with van der Waals surface area (Å²) >= 11 is 0. The number of rotatable bonds is 6. The lowest BCUT2D eigenvalue weighted by molar-refractivity contribution is -0.137. The van der Waals surface area contributed by atoms with Gasteiger partial charge in [-0.05, 0) is 35.2 Å². The molecule has 0 aliphatic carbocycles. The number of anilines is 1. The van der Waals surface area contributed by atoms with E-state index in [2.05, 4.69) is 15.3 Å². The smallest absolute Gasteiger partial charge is 0.364 e. The van der Waals surface area contributed by atoms with Gasteiger partial charge in [-0.25, -0.2) is 9.97 Å². The first-order valence-corrected chi connectivity index (χ1v) is 8.94. The van der Waals surface area contributed by atoms with Crippen LogP contribution in [0.3, 0.4) is 0 Å². The third-order valence-corrected chi connectivity index (χ3v) is 4.49. The molecule has 1 aromatic heterocycles. The third kappa shape index (κ3) is 4.90. The van der Waals surface area contributed by atoms with Crippen LogP contribution in [0.15, 0.2) is 60.9 Å². The summed E-state index contributed by atoms with van der Waals surface area (Å²) in [4.78, 5) is 19.2. The number of benzene rings is 2. The number of alkyl halides is 3. The van der Waals surface area contributed by atoms with Crippen molar-refractivity contribution in [1.29, 1.82) is 0 Å². The van der Waals surface area contributed by atoms with E-state index in [0.29, 0.717) is 11.4 Å². The van der Waals surface area contributed by atoms with Crippen LogP contribution < -0.4 is 11.1 Å². The van der Waals surface area contributed by atoms with Gasteiger partial charge in [0.1, 0.15) is 11.5 Å². The summed E-state index contributed by atoms with van der Waals surface area (Å²) in [5.74, 6) is -0.136. The molecule has 2 aromatic carbocycles. The Balaban J connectivity index is 1.74. The molecule has 29 heavy (non-hydrogen) atoms. The molecule has 0 saturated carbocycles. The fourth-order valence-electron chi connectivity index (χ4n) is 2.89. The number of halogens is 3. The lowest BCUT2D eigenvalue weighted by Crippen LogP contribution is -2.15. The number of nitrogens with one attached hydrogen (secondary N) is 1. The van der Waals surface area contributed by atoms with Gasteiger partial charge in [0.25, 0.3) is 5.91 Å². The second-order valence-electron chi connectivity index (χ2n) is 6.45. The van der Waals surface area contributed by atoms with Gasteiger partial charge in [0.05, 0.1) is 24.0 Å². The van der Waals surface area contributed by atoms with Crippen molar-refractivity contribution in [1.82, 2.24) is 9.97 Å². The van der Waals surface area contributed by atoms with Crippen molar-refractivity contribution in [2.45, 2.75) is 25.6 Å². The van der Waals surface area contributed by atoms with E-state index in [0.717, 1.165) is 29.7 Å². The maximum absolute atomic E-state index is 12.7.